The van der Waals surface area contributed by atoms with Gasteiger partial charge in [0.2, 0.25) is 0 Å². The summed E-state index contributed by atoms with van der Waals surface area (Å²) < 4.78 is 2.07. The quantitative estimate of drug-likeness (QED) is 0.254. The van der Waals surface area contributed by atoms with Crippen molar-refractivity contribution in [3.8, 4) is 16.8 Å². The zero-order chi connectivity index (χ0) is 24.5. The largest absolute Gasteiger partial charge is 0.334 e. The minimum Gasteiger partial charge on any atom is -0.334 e. The van der Waals surface area contributed by atoms with E-state index in [-0.39, 0.29) is 6.03 Å². The molecule has 0 aliphatic heterocycles. The van der Waals surface area contributed by atoms with Gasteiger partial charge in [-0.15, -0.1) is 0 Å². The Morgan fingerprint density at radius 3 is 2.50 bits per heavy atom. The number of benzene rings is 2. The molecule has 3 heterocycles. The Hall–Kier alpha value is -3.61. The second-order valence-electron chi connectivity index (χ2n) is 8.97. The summed E-state index contributed by atoms with van der Waals surface area (Å²) in [4.78, 5) is 19.0. The van der Waals surface area contributed by atoms with Crippen molar-refractivity contribution in [1.29, 1.82) is 0 Å². The second kappa shape index (κ2) is 9.80. The van der Waals surface area contributed by atoms with Crippen LogP contribution in [0.1, 0.15) is 29.7 Å². The summed E-state index contributed by atoms with van der Waals surface area (Å²) in [5.41, 5.74) is 6.79. The highest BCUT2D eigenvalue weighted by molar-refractivity contribution is 7.23. The summed E-state index contributed by atoms with van der Waals surface area (Å²) >= 11 is 7.77. The van der Waals surface area contributed by atoms with Crippen LogP contribution in [-0.4, -0.2) is 15.6 Å². The fourth-order valence-corrected chi connectivity index (χ4v) is 6.17. The van der Waals surface area contributed by atoms with E-state index in [9.17, 15) is 4.79 Å². The van der Waals surface area contributed by atoms with Crippen LogP contribution >= 0.6 is 22.9 Å². The Morgan fingerprint density at radius 2 is 1.72 bits per heavy atom. The molecule has 2 aromatic carbocycles. The highest BCUT2D eigenvalue weighted by Gasteiger charge is 2.26. The van der Waals surface area contributed by atoms with Crippen LogP contribution in [0, 0.1) is 0 Å². The predicted octanol–water partition coefficient (Wildman–Crippen LogP) is 7.61. The number of aryl methyl sites for hydroxylation is 1. The molecule has 0 unspecified atom stereocenters. The van der Waals surface area contributed by atoms with Crippen LogP contribution < -0.4 is 10.6 Å². The predicted molar refractivity (Wildman–Crippen MR) is 148 cm³/mol. The topological polar surface area (TPSA) is 59.0 Å². The van der Waals surface area contributed by atoms with E-state index in [1.165, 1.54) is 28.2 Å². The molecule has 1 aliphatic rings. The average Bonchev–Trinajstić information content (AvgIpc) is 3.55. The number of thiophene rings is 1. The molecule has 180 valence electrons. The number of urea groups is 1. The van der Waals surface area contributed by atoms with Gasteiger partial charge >= 0.3 is 6.03 Å². The van der Waals surface area contributed by atoms with Crippen LogP contribution in [0.4, 0.5) is 9.80 Å². The van der Waals surface area contributed by atoms with Gasteiger partial charge in [0.05, 0.1) is 5.69 Å². The molecular weight excluding hydrogens is 488 g/mol. The molecule has 7 heteroatoms. The molecule has 0 saturated heterocycles. The molecule has 2 N–H and O–H groups in total. The lowest BCUT2D eigenvalue weighted by Gasteiger charge is -2.21. The van der Waals surface area contributed by atoms with Gasteiger partial charge in [-0.1, -0.05) is 65.4 Å². The van der Waals surface area contributed by atoms with Crippen molar-refractivity contribution in [2.45, 2.75) is 32.2 Å². The maximum absolute atomic E-state index is 13.0. The van der Waals surface area contributed by atoms with E-state index in [2.05, 4.69) is 27.3 Å². The molecular formula is C29H25ClN4OS. The number of carbonyl (C=O) groups excluding carboxylic acids is 1. The van der Waals surface area contributed by atoms with Gasteiger partial charge in [0.15, 0.2) is 0 Å². The molecule has 5 nitrogen and oxygen atoms in total. The molecule has 0 saturated carbocycles. The average molecular weight is 513 g/mol. The number of nitrogens with one attached hydrogen (secondary N) is 2. The first-order valence-corrected chi connectivity index (χ1v) is 13.3. The Balaban J connectivity index is 1.49. The number of anilines is 1. The zero-order valence-electron chi connectivity index (χ0n) is 19.6. The summed E-state index contributed by atoms with van der Waals surface area (Å²) in [6.45, 7) is 0.457. The summed E-state index contributed by atoms with van der Waals surface area (Å²) in [5, 5.41) is 8.66. The van der Waals surface area contributed by atoms with Crippen molar-refractivity contribution in [2.24, 2.45) is 0 Å². The first-order chi connectivity index (χ1) is 17.7. The smallest absolute Gasteiger partial charge is 0.320 e. The van der Waals surface area contributed by atoms with Crippen molar-refractivity contribution in [3.05, 3.63) is 101 Å². The number of aromatic nitrogens is 2. The van der Waals surface area contributed by atoms with Crippen molar-refractivity contribution < 1.29 is 4.79 Å². The van der Waals surface area contributed by atoms with Crippen LogP contribution in [-0.2, 0) is 19.4 Å². The molecule has 0 bridgehead atoms. The van der Waals surface area contributed by atoms with Gasteiger partial charge in [0.1, 0.15) is 9.83 Å². The summed E-state index contributed by atoms with van der Waals surface area (Å²) in [5.74, 6) is 0. The second-order valence-corrected chi connectivity index (χ2v) is 10.4. The Labute approximate surface area is 218 Å². The summed E-state index contributed by atoms with van der Waals surface area (Å²) in [6.07, 6.45) is 8.30. The van der Waals surface area contributed by atoms with Crippen molar-refractivity contribution in [1.82, 2.24) is 14.9 Å². The van der Waals surface area contributed by atoms with E-state index in [1.54, 1.807) is 0 Å². The molecule has 0 radical (unpaired) electrons. The maximum atomic E-state index is 13.0. The lowest BCUT2D eigenvalue weighted by molar-refractivity contribution is 0.252. The van der Waals surface area contributed by atoms with Crippen LogP contribution in [0.5, 0.6) is 0 Å². The van der Waals surface area contributed by atoms with Crippen LogP contribution in [0.2, 0.25) is 5.02 Å². The lowest BCUT2D eigenvalue weighted by atomic mass is 9.87. The number of amides is 2. The van der Waals surface area contributed by atoms with Gasteiger partial charge in [-0.25, -0.2) is 9.78 Å². The third-order valence-electron chi connectivity index (χ3n) is 6.61. The Kier molecular flexibility index (Phi) is 6.21. The monoisotopic (exact) mass is 512 g/mol. The van der Waals surface area contributed by atoms with Crippen molar-refractivity contribution >= 4 is 44.2 Å². The van der Waals surface area contributed by atoms with Crippen LogP contribution in [0.15, 0.2) is 79.1 Å². The Bertz CT molecular complexity index is 1530. The molecule has 0 atom stereocenters. The SMILES string of the molecule is O=C(NCc1ccccc1)Nc1sc2nc3c(c(-c4ccc(Cl)cc4)c2c1-n1cccc1)CCCC3. The third kappa shape index (κ3) is 4.38. The van der Waals surface area contributed by atoms with Gasteiger partial charge < -0.3 is 9.88 Å². The maximum Gasteiger partial charge on any atom is 0.320 e. The summed E-state index contributed by atoms with van der Waals surface area (Å²) in [6, 6.07) is 21.7. The fourth-order valence-electron chi connectivity index (χ4n) is 4.95. The Morgan fingerprint density at radius 1 is 0.972 bits per heavy atom. The van der Waals surface area contributed by atoms with E-state index in [0.29, 0.717) is 11.6 Å². The first kappa shape index (κ1) is 22.8. The molecule has 5 aromatic rings. The normalized spacial score (nSPS) is 12.9. The minimum absolute atomic E-state index is 0.239. The van der Waals surface area contributed by atoms with Gasteiger partial charge in [0, 0.05) is 35.0 Å². The molecule has 2 amide bonds. The molecule has 36 heavy (non-hydrogen) atoms. The van der Waals surface area contributed by atoms with E-state index in [0.717, 1.165) is 57.7 Å². The van der Waals surface area contributed by atoms with Crippen molar-refractivity contribution in [2.75, 3.05) is 5.32 Å². The lowest BCUT2D eigenvalue weighted by Crippen LogP contribution is -2.28. The summed E-state index contributed by atoms with van der Waals surface area (Å²) in [7, 11) is 0. The van der Waals surface area contributed by atoms with E-state index in [1.807, 2.05) is 67.0 Å². The van der Waals surface area contributed by atoms with E-state index < -0.39 is 0 Å². The number of fused-ring (bicyclic) bond motifs is 2. The zero-order valence-corrected chi connectivity index (χ0v) is 21.2. The van der Waals surface area contributed by atoms with Crippen LogP contribution in [0.25, 0.3) is 27.0 Å². The number of hydrogen-bond donors (Lipinski definition) is 2. The van der Waals surface area contributed by atoms with Gasteiger partial charge in [-0.3, -0.25) is 5.32 Å². The van der Waals surface area contributed by atoms with Gasteiger partial charge in [-0.2, -0.15) is 0 Å². The molecule has 0 spiro atoms. The van der Waals surface area contributed by atoms with E-state index >= 15 is 0 Å². The molecule has 3 aromatic heterocycles. The van der Waals surface area contributed by atoms with E-state index in [4.69, 9.17) is 16.6 Å². The number of carbonyl (C=O) groups is 1. The third-order valence-corrected chi connectivity index (χ3v) is 7.85. The number of pyridine rings is 1. The van der Waals surface area contributed by atoms with Crippen molar-refractivity contribution in [3.63, 3.8) is 0 Å². The minimum atomic E-state index is -0.239. The number of rotatable bonds is 5. The molecule has 1 aliphatic carbocycles. The highest BCUT2D eigenvalue weighted by atomic mass is 35.5. The number of nitrogens with zero attached hydrogens (tertiary/aromatic N) is 2. The van der Waals surface area contributed by atoms with Gasteiger partial charge in [0.25, 0.3) is 0 Å². The molecule has 6 rings (SSSR count). The molecule has 0 fully saturated rings. The highest BCUT2D eigenvalue weighted by Crippen LogP contribution is 2.46. The standard InChI is InChI=1S/C29H25ClN4OS/c30-21-14-12-20(13-15-21)24-22-10-4-5-11-23(22)32-27-25(24)26(34-16-6-7-17-34)28(36-27)33-29(35)31-18-19-8-2-1-3-9-19/h1-3,6-9,12-17H,4-5,10-11,18H2,(H2,31,33,35). The van der Waals surface area contributed by atoms with Crippen LogP contribution in [0.3, 0.4) is 0 Å². The van der Waals surface area contributed by atoms with Gasteiger partial charge in [-0.05, 0) is 72.2 Å². The first-order valence-electron chi connectivity index (χ1n) is 12.1. The number of hydrogen-bond acceptors (Lipinski definition) is 3. The fraction of sp³-hybridized carbons (Fsp3) is 0.172. The number of halogens is 1.